The molecule has 0 aliphatic carbocycles. The Balaban J connectivity index is 1.24. The van der Waals surface area contributed by atoms with E-state index < -0.39 is 12.1 Å². The molecule has 9 heteroatoms. The fourth-order valence-corrected chi connectivity index (χ4v) is 3.93. The zero-order valence-electron chi connectivity index (χ0n) is 16.9. The molecule has 2 aromatic rings. The summed E-state index contributed by atoms with van der Waals surface area (Å²) in [5.74, 6) is -0.580. The van der Waals surface area contributed by atoms with Crippen molar-refractivity contribution in [2.75, 3.05) is 45.9 Å². The fraction of sp³-hybridized carbons (Fsp3) is 0.476. The lowest BCUT2D eigenvalue weighted by Gasteiger charge is -2.26. The summed E-state index contributed by atoms with van der Waals surface area (Å²) in [5, 5.41) is 6.55. The van der Waals surface area contributed by atoms with Crippen LogP contribution in [0.2, 0.25) is 0 Å². The third kappa shape index (κ3) is 4.63. The van der Waals surface area contributed by atoms with Crippen LogP contribution in [0.1, 0.15) is 12.0 Å². The van der Waals surface area contributed by atoms with Gasteiger partial charge in [0.15, 0.2) is 0 Å². The second-order valence-corrected chi connectivity index (χ2v) is 7.61. The number of fused-ring (bicyclic) bond motifs is 1. The number of imide groups is 1. The summed E-state index contributed by atoms with van der Waals surface area (Å²) in [7, 11) is 0. The third-order valence-electron chi connectivity index (χ3n) is 5.63. The van der Waals surface area contributed by atoms with Crippen molar-refractivity contribution in [1.29, 1.82) is 0 Å². The number of nitrogens with zero attached hydrogens (tertiary/aromatic N) is 2. The van der Waals surface area contributed by atoms with Gasteiger partial charge in [0.1, 0.15) is 6.04 Å². The second kappa shape index (κ2) is 9.27. The molecular formula is C21H27N5O4. The largest absolute Gasteiger partial charge is 0.379 e. The molecule has 4 amide bonds. The number of hydrogen-bond donors (Lipinski definition) is 3. The Bertz CT molecular complexity index is 921. The predicted octanol–water partition coefficient (Wildman–Crippen LogP) is 0.469. The molecule has 0 bridgehead atoms. The summed E-state index contributed by atoms with van der Waals surface area (Å²) < 4.78 is 5.30. The lowest BCUT2D eigenvalue weighted by atomic mass is 10.1. The maximum absolute atomic E-state index is 12.6. The summed E-state index contributed by atoms with van der Waals surface area (Å²) in [6.07, 6.45) is 2.42. The maximum Gasteiger partial charge on any atom is 0.324 e. The van der Waals surface area contributed by atoms with Crippen LogP contribution in [0.5, 0.6) is 0 Å². The van der Waals surface area contributed by atoms with Gasteiger partial charge in [-0.1, -0.05) is 18.2 Å². The summed E-state index contributed by atoms with van der Waals surface area (Å²) in [6.45, 7) is 4.68. The second-order valence-electron chi connectivity index (χ2n) is 7.61. The van der Waals surface area contributed by atoms with Crippen molar-refractivity contribution >= 4 is 28.7 Å². The van der Waals surface area contributed by atoms with Crippen LogP contribution in [-0.4, -0.2) is 84.6 Å². The van der Waals surface area contributed by atoms with E-state index >= 15 is 0 Å². The smallest absolute Gasteiger partial charge is 0.324 e. The first kappa shape index (κ1) is 20.4. The lowest BCUT2D eigenvalue weighted by Crippen LogP contribution is -2.42. The zero-order valence-corrected chi connectivity index (χ0v) is 16.9. The molecule has 3 heterocycles. The predicted molar refractivity (Wildman–Crippen MR) is 111 cm³/mol. The number of nitrogens with one attached hydrogen (secondary N) is 3. The molecule has 3 N–H and O–H groups in total. The Morgan fingerprint density at radius 1 is 1.17 bits per heavy atom. The van der Waals surface area contributed by atoms with Crippen molar-refractivity contribution in [3.05, 3.63) is 36.0 Å². The Labute approximate surface area is 174 Å². The van der Waals surface area contributed by atoms with Gasteiger partial charge in [-0.3, -0.25) is 19.4 Å². The highest BCUT2D eigenvalue weighted by atomic mass is 16.5. The Morgan fingerprint density at radius 3 is 2.80 bits per heavy atom. The molecule has 1 aromatic heterocycles. The van der Waals surface area contributed by atoms with Crippen molar-refractivity contribution < 1.29 is 19.1 Å². The third-order valence-corrected chi connectivity index (χ3v) is 5.63. The van der Waals surface area contributed by atoms with Gasteiger partial charge in [0, 0.05) is 49.8 Å². The zero-order chi connectivity index (χ0) is 20.9. The molecule has 30 heavy (non-hydrogen) atoms. The van der Waals surface area contributed by atoms with Crippen LogP contribution in [0.3, 0.4) is 0 Å². The molecule has 2 aliphatic rings. The average Bonchev–Trinajstić information content (AvgIpc) is 3.28. The van der Waals surface area contributed by atoms with Crippen LogP contribution < -0.4 is 10.6 Å². The first-order chi connectivity index (χ1) is 14.6. The topological polar surface area (TPSA) is 107 Å². The van der Waals surface area contributed by atoms with Crippen molar-refractivity contribution in [1.82, 2.24) is 25.4 Å². The Hall–Kier alpha value is -2.91. The normalized spacial score (nSPS) is 20.0. The number of carbonyl (C=O) groups excluding carboxylic acids is 3. The fourth-order valence-electron chi connectivity index (χ4n) is 3.93. The average molecular weight is 413 g/mol. The molecule has 1 atom stereocenters. The molecule has 2 fully saturated rings. The van der Waals surface area contributed by atoms with E-state index in [-0.39, 0.29) is 24.8 Å². The molecule has 0 saturated carbocycles. The molecule has 2 aliphatic heterocycles. The minimum absolute atomic E-state index is 0.0444. The molecule has 160 valence electrons. The Morgan fingerprint density at radius 2 is 1.97 bits per heavy atom. The number of aromatic amines is 1. The van der Waals surface area contributed by atoms with E-state index in [1.165, 1.54) is 4.90 Å². The standard InChI is InChI=1S/C21H27N5O4/c27-19(22-6-8-25-9-11-30-12-10-25)13-18-20(28)26(21(29)24-18)7-5-15-14-23-17-4-2-1-3-16(15)17/h1-4,14,18,23H,5-13H2,(H,22,27)(H,24,29)/t18-/m0/s1. The Kier molecular flexibility index (Phi) is 6.29. The SMILES string of the molecule is O=C(C[C@@H]1NC(=O)N(CCc2c[nH]c3ccccc23)C1=O)NCCN1CCOCC1. The number of amides is 4. The van der Waals surface area contributed by atoms with Crippen LogP contribution in [0, 0.1) is 0 Å². The number of urea groups is 1. The number of carbonyl (C=O) groups is 3. The van der Waals surface area contributed by atoms with Gasteiger partial charge in [-0.25, -0.2) is 4.79 Å². The van der Waals surface area contributed by atoms with Gasteiger partial charge in [0.2, 0.25) is 5.91 Å². The molecule has 2 saturated heterocycles. The number of para-hydroxylation sites is 1. The molecule has 0 radical (unpaired) electrons. The van der Waals surface area contributed by atoms with E-state index in [4.69, 9.17) is 4.74 Å². The highest BCUT2D eigenvalue weighted by Crippen LogP contribution is 2.19. The summed E-state index contributed by atoms with van der Waals surface area (Å²) >= 11 is 0. The first-order valence-electron chi connectivity index (χ1n) is 10.4. The van der Waals surface area contributed by atoms with Gasteiger partial charge in [-0.2, -0.15) is 0 Å². The quantitative estimate of drug-likeness (QED) is 0.546. The number of morpholine rings is 1. The van der Waals surface area contributed by atoms with E-state index in [1.54, 1.807) is 0 Å². The van der Waals surface area contributed by atoms with E-state index in [0.717, 1.165) is 36.1 Å². The minimum Gasteiger partial charge on any atom is -0.379 e. The van der Waals surface area contributed by atoms with Crippen molar-refractivity contribution in [2.24, 2.45) is 0 Å². The van der Waals surface area contributed by atoms with Crippen molar-refractivity contribution in [3.63, 3.8) is 0 Å². The van der Waals surface area contributed by atoms with Gasteiger partial charge in [-0.05, 0) is 18.1 Å². The summed E-state index contributed by atoms with van der Waals surface area (Å²) in [6, 6.07) is 6.67. The van der Waals surface area contributed by atoms with E-state index in [0.29, 0.717) is 26.2 Å². The molecule has 0 spiro atoms. The van der Waals surface area contributed by atoms with Crippen LogP contribution in [-0.2, 0) is 20.7 Å². The van der Waals surface area contributed by atoms with Crippen LogP contribution in [0.15, 0.2) is 30.5 Å². The van der Waals surface area contributed by atoms with Gasteiger partial charge in [0.25, 0.3) is 5.91 Å². The van der Waals surface area contributed by atoms with E-state index in [2.05, 4.69) is 20.5 Å². The summed E-state index contributed by atoms with van der Waals surface area (Å²) in [5.41, 5.74) is 2.08. The molecule has 1 aromatic carbocycles. The number of rotatable bonds is 8. The van der Waals surface area contributed by atoms with Gasteiger partial charge in [-0.15, -0.1) is 0 Å². The number of H-pyrrole nitrogens is 1. The number of aromatic nitrogens is 1. The minimum atomic E-state index is -0.802. The first-order valence-corrected chi connectivity index (χ1v) is 10.4. The van der Waals surface area contributed by atoms with Gasteiger partial charge in [0.05, 0.1) is 19.6 Å². The highest BCUT2D eigenvalue weighted by molar-refractivity contribution is 6.05. The van der Waals surface area contributed by atoms with Crippen LogP contribution in [0.4, 0.5) is 4.79 Å². The highest BCUT2D eigenvalue weighted by Gasteiger charge is 2.38. The monoisotopic (exact) mass is 413 g/mol. The van der Waals surface area contributed by atoms with Crippen molar-refractivity contribution in [2.45, 2.75) is 18.9 Å². The van der Waals surface area contributed by atoms with E-state index in [1.807, 2.05) is 30.5 Å². The van der Waals surface area contributed by atoms with Crippen LogP contribution in [0.25, 0.3) is 10.9 Å². The summed E-state index contributed by atoms with van der Waals surface area (Å²) in [4.78, 5) is 43.7. The van der Waals surface area contributed by atoms with Crippen LogP contribution >= 0.6 is 0 Å². The molecule has 0 unspecified atom stereocenters. The molecular weight excluding hydrogens is 386 g/mol. The lowest BCUT2D eigenvalue weighted by molar-refractivity contribution is -0.130. The van der Waals surface area contributed by atoms with E-state index in [9.17, 15) is 14.4 Å². The van der Waals surface area contributed by atoms with Gasteiger partial charge >= 0.3 is 6.03 Å². The van der Waals surface area contributed by atoms with Gasteiger partial charge < -0.3 is 20.4 Å². The number of benzene rings is 1. The molecule has 4 rings (SSSR count). The molecule has 9 nitrogen and oxygen atoms in total. The maximum atomic E-state index is 12.6. The number of hydrogen-bond acceptors (Lipinski definition) is 5. The van der Waals surface area contributed by atoms with Crippen molar-refractivity contribution in [3.8, 4) is 0 Å². The number of ether oxygens (including phenoxy) is 1.